The molecule has 1 fully saturated rings. The van der Waals surface area contributed by atoms with Crippen molar-refractivity contribution in [1.29, 1.82) is 0 Å². The van der Waals surface area contributed by atoms with E-state index in [0.29, 0.717) is 23.7 Å². The van der Waals surface area contributed by atoms with Crippen molar-refractivity contribution in [2.75, 3.05) is 16.6 Å². The van der Waals surface area contributed by atoms with Crippen LogP contribution in [0.25, 0.3) is 27.8 Å². The minimum Gasteiger partial charge on any atom is -0.389 e. The van der Waals surface area contributed by atoms with Gasteiger partial charge in [-0.15, -0.1) is 0 Å². The van der Waals surface area contributed by atoms with E-state index < -0.39 is 59.6 Å². The fourth-order valence-electron chi connectivity index (χ4n) is 6.31. The van der Waals surface area contributed by atoms with E-state index in [1.807, 2.05) is 0 Å². The Hall–Kier alpha value is -4.45. The molecule has 6 aromatic rings. The Morgan fingerprint density at radius 1 is 0.942 bits per heavy atom. The quantitative estimate of drug-likeness (QED) is 0.140. The molecular formula is C34H29Cl2F2N7O5S2. The molecule has 0 saturated carbocycles. The molecule has 18 heteroatoms. The first-order valence-electron chi connectivity index (χ1n) is 15.8. The number of rotatable bonds is 9. The third-order valence-electron chi connectivity index (χ3n) is 8.78. The predicted molar refractivity (Wildman–Crippen MR) is 194 cm³/mol. The lowest BCUT2D eigenvalue weighted by molar-refractivity contribution is 0.0215. The second-order valence-corrected chi connectivity index (χ2v) is 16.9. The van der Waals surface area contributed by atoms with Crippen LogP contribution >= 0.6 is 23.2 Å². The topological polar surface area (TPSA) is 159 Å². The minimum absolute atomic E-state index is 0.0197. The Kier molecular flexibility index (Phi) is 9.12. The van der Waals surface area contributed by atoms with Crippen LogP contribution in [0, 0.1) is 11.6 Å². The maximum Gasteiger partial charge on any atom is 0.263 e. The van der Waals surface area contributed by atoms with Gasteiger partial charge < -0.3 is 10.4 Å². The highest BCUT2D eigenvalue weighted by molar-refractivity contribution is 7.92. The average molecular weight is 789 g/mol. The summed E-state index contributed by atoms with van der Waals surface area (Å²) in [6, 6.07) is 15.1. The fourth-order valence-corrected chi connectivity index (χ4v) is 10.1. The molecule has 270 valence electrons. The number of aliphatic hydroxyl groups is 1. The van der Waals surface area contributed by atoms with Gasteiger partial charge in [0.05, 0.1) is 38.4 Å². The van der Waals surface area contributed by atoms with Crippen LogP contribution in [0.4, 0.5) is 26.0 Å². The maximum absolute atomic E-state index is 15.9. The molecule has 3 aromatic carbocycles. The zero-order chi connectivity index (χ0) is 37.2. The number of halogens is 4. The van der Waals surface area contributed by atoms with E-state index in [2.05, 4.69) is 25.0 Å². The van der Waals surface area contributed by atoms with E-state index >= 15 is 8.78 Å². The van der Waals surface area contributed by atoms with Crippen LogP contribution in [-0.4, -0.2) is 64.0 Å². The van der Waals surface area contributed by atoms with E-state index in [4.69, 9.17) is 23.2 Å². The van der Waals surface area contributed by atoms with Crippen LogP contribution in [0.2, 0.25) is 10.0 Å². The van der Waals surface area contributed by atoms with Crippen molar-refractivity contribution in [2.45, 2.75) is 48.1 Å². The van der Waals surface area contributed by atoms with Crippen LogP contribution in [0.5, 0.6) is 0 Å². The summed E-state index contributed by atoms with van der Waals surface area (Å²) in [5, 5.41) is 13.5. The molecule has 12 nitrogen and oxygen atoms in total. The van der Waals surface area contributed by atoms with Crippen LogP contribution in [0.3, 0.4) is 0 Å². The van der Waals surface area contributed by atoms with Crippen molar-refractivity contribution < 1.29 is 30.7 Å². The largest absolute Gasteiger partial charge is 0.389 e. The van der Waals surface area contributed by atoms with E-state index in [9.17, 15) is 21.9 Å². The number of aromatic nitrogens is 4. The summed E-state index contributed by atoms with van der Waals surface area (Å²) in [6.45, 7) is 3.43. The molecule has 4 heterocycles. The van der Waals surface area contributed by atoms with Gasteiger partial charge in [-0.3, -0.25) is 9.29 Å². The van der Waals surface area contributed by atoms with Crippen molar-refractivity contribution >= 4 is 82.4 Å². The summed E-state index contributed by atoms with van der Waals surface area (Å²) in [4.78, 5) is 12.7. The van der Waals surface area contributed by atoms with E-state index in [1.54, 1.807) is 54.8 Å². The lowest BCUT2D eigenvalue weighted by Crippen LogP contribution is -2.48. The summed E-state index contributed by atoms with van der Waals surface area (Å²) in [5.74, 6) is -2.25. The first-order chi connectivity index (χ1) is 24.6. The Labute approximate surface area is 307 Å². The van der Waals surface area contributed by atoms with Crippen LogP contribution in [0.1, 0.15) is 26.7 Å². The molecule has 3 aromatic heterocycles. The second-order valence-electron chi connectivity index (χ2n) is 12.6. The zero-order valence-corrected chi connectivity index (χ0v) is 30.5. The van der Waals surface area contributed by atoms with E-state index in [1.165, 1.54) is 28.7 Å². The van der Waals surface area contributed by atoms with Gasteiger partial charge in [0, 0.05) is 18.1 Å². The molecule has 7 rings (SSSR count). The molecule has 1 atom stereocenters. The molecule has 0 spiro atoms. The molecule has 3 N–H and O–H groups in total. The third-order valence-corrected chi connectivity index (χ3v) is 13.1. The number of fused-ring (bicyclic) bond motifs is 2. The number of hydrogen-bond donors (Lipinski definition) is 3. The Morgan fingerprint density at radius 3 is 2.48 bits per heavy atom. The molecule has 1 aliphatic rings. The maximum atomic E-state index is 15.9. The van der Waals surface area contributed by atoms with Crippen molar-refractivity contribution in [3.05, 3.63) is 101 Å². The lowest BCUT2D eigenvalue weighted by atomic mass is 9.98. The SMILES string of the molecule is CC(C)(O)[C@@H]1CCCN1S(=O)(=O)c1cn(-c2ccc3ncnc(Nc4c(F)ccc(NS(=O)(=O)c5cccc(Cl)c5Cl)c4F)c3n2)c2ccccc12. The molecule has 1 aliphatic heterocycles. The average Bonchev–Trinajstić information content (AvgIpc) is 3.76. The summed E-state index contributed by atoms with van der Waals surface area (Å²) in [6.07, 6.45) is 3.71. The summed E-state index contributed by atoms with van der Waals surface area (Å²) in [5.41, 5.74) is -1.74. The fraction of sp³-hybridized carbons (Fsp3) is 0.206. The monoisotopic (exact) mass is 787 g/mol. The molecule has 0 radical (unpaired) electrons. The molecule has 0 bridgehead atoms. The van der Waals surface area contributed by atoms with Crippen LogP contribution in [-0.2, 0) is 20.0 Å². The number of sulfonamides is 2. The Morgan fingerprint density at radius 2 is 1.71 bits per heavy atom. The molecule has 0 amide bonds. The Balaban J connectivity index is 1.28. The van der Waals surface area contributed by atoms with Crippen molar-refractivity contribution in [1.82, 2.24) is 23.8 Å². The van der Waals surface area contributed by atoms with Crippen LogP contribution < -0.4 is 10.0 Å². The van der Waals surface area contributed by atoms with Gasteiger partial charge in [-0.2, -0.15) is 4.31 Å². The number of nitrogens with zero attached hydrogens (tertiary/aromatic N) is 5. The van der Waals surface area contributed by atoms with Gasteiger partial charge in [0.15, 0.2) is 11.6 Å². The lowest BCUT2D eigenvalue weighted by Gasteiger charge is -2.32. The van der Waals surface area contributed by atoms with Gasteiger partial charge in [0.1, 0.15) is 39.0 Å². The highest BCUT2D eigenvalue weighted by atomic mass is 35.5. The highest BCUT2D eigenvalue weighted by Crippen LogP contribution is 2.37. The van der Waals surface area contributed by atoms with Gasteiger partial charge >= 0.3 is 0 Å². The first-order valence-corrected chi connectivity index (χ1v) is 19.4. The number of hydrogen-bond acceptors (Lipinski definition) is 9. The smallest absolute Gasteiger partial charge is 0.263 e. The second kappa shape index (κ2) is 13.2. The van der Waals surface area contributed by atoms with E-state index in [0.717, 1.165) is 18.5 Å². The Bertz CT molecular complexity index is 2620. The molecule has 52 heavy (non-hydrogen) atoms. The normalized spacial score (nSPS) is 15.8. The summed E-state index contributed by atoms with van der Waals surface area (Å²) >= 11 is 12.1. The van der Waals surface area contributed by atoms with Gasteiger partial charge in [-0.05, 0) is 69.2 Å². The standard InChI is InChI=1S/C34H29Cl2F2N7O5S2/c1-34(2,46)27-11-6-16-45(27)52(49,50)26-17-44(24-9-4-3-7-19(24)26)28-15-14-23-32(41-28)33(40-18-39-23)42-31-21(37)12-13-22(30(31)38)43-51(47,48)25-10-5-8-20(35)29(25)36/h3-5,7-10,12-15,17-18,27,43,46H,6,11,16H2,1-2H3,(H,39,40,42)/t27-/m0/s1. The zero-order valence-electron chi connectivity index (χ0n) is 27.3. The molecule has 0 aliphatic carbocycles. The summed E-state index contributed by atoms with van der Waals surface area (Å²) in [7, 11) is -8.54. The molecule has 1 saturated heterocycles. The number of anilines is 3. The molecule has 0 unspecified atom stereocenters. The van der Waals surface area contributed by atoms with Gasteiger partial charge in [-0.25, -0.2) is 40.6 Å². The summed E-state index contributed by atoms with van der Waals surface area (Å²) < 4.78 is 90.5. The van der Waals surface area contributed by atoms with E-state index in [-0.39, 0.29) is 44.2 Å². The predicted octanol–water partition coefficient (Wildman–Crippen LogP) is 7.02. The van der Waals surface area contributed by atoms with Crippen molar-refractivity contribution in [3.8, 4) is 5.82 Å². The number of nitrogens with one attached hydrogen (secondary N) is 2. The minimum atomic E-state index is -4.46. The molecular weight excluding hydrogens is 759 g/mol. The van der Waals surface area contributed by atoms with Gasteiger partial charge in [-0.1, -0.05) is 47.5 Å². The van der Waals surface area contributed by atoms with Crippen molar-refractivity contribution in [3.63, 3.8) is 0 Å². The number of pyridine rings is 1. The number of para-hydroxylation sites is 1. The van der Waals surface area contributed by atoms with Crippen LogP contribution in [0.15, 0.2) is 89.0 Å². The first kappa shape index (κ1) is 35.9. The van der Waals surface area contributed by atoms with Gasteiger partial charge in [0.25, 0.3) is 10.0 Å². The van der Waals surface area contributed by atoms with Crippen molar-refractivity contribution in [2.24, 2.45) is 0 Å². The number of benzene rings is 3. The highest BCUT2D eigenvalue weighted by Gasteiger charge is 2.43. The third kappa shape index (κ3) is 6.33. The van der Waals surface area contributed by atoms with Gasteiger partial charge in [0.2, 0.25) is 10.0 Å².